The van der Waals surface area contributed by atoms with Gasteiger partial charge in [-0.1, -0.05) is 0 Å². The summed E-state index contributed by atoms with van der Waals surface area (Å²) >= 11 is 1.81. The molecule has 0 aromatic heterocycles. The average Bonchev–Trinajstić information content (AvgIpc) is 2.23. The highest BCUT2D eigenvalue weighted by Gasteiger charge is 2.54. The van der Waals surface area contributed by atoms with Crippen LogP contribution in [-0.2, 0) is 4.79 Å². The monoisotopic (exact) mass is 172 g/mol. The van der Waals surface area contributed by atoms with Crippen LogP contribution in [0.15, 0.2) is 0 Å². The van der Waals surface area contributed by atoms with Gasteiger partial charge in [-0.25, -0.2) is 0 Å². The molecule has 4 heteroatoms. The predicted molar refractivity (Wildman–Crippen MR) is 45.1 cm³/mol. The highest BCUT2D eigenvalue weighted by Crippen LogP contribution is 2.45. The molecule has 2 saturated heterocycles. The largest absolute Gasteiger partial charge is 0.326 e. The summed E-state index contributed by atoms with van der Waals surface area (Å²) in [6.45, 7) is 5.15. The van der Waals surface area contributed by atoms with Crippen LogP contribution in [0.25, 0.3) is 0 Å². The van der Waals surface area contributed by atoms with Gasteiger partial charge in [0.05, 0.1) is 0 Å². The number of rotatable bonds is 0. The van der Waals surface area contributed by atoms with Crippen molar-refractivity contribution in [1.29, 1.82) is 0 Å². The second-order valence-corrected chi connectivity index (χ2v) is 5.58. The summed E-state index contributed by atoms with van der Waals surface area (Å²) in [5, 5.41) is 0.262. The van der Waals surface area contributed by atoms with E-state index >= 15 is 0 Å². The number of amides is 1. The lowest BCUT2D eigenvalue weighted by atomic mass is 10.1. The lowest BCUT2D eigenvalue weighted by molar-refractivity contribution is -0.143. The Kier molecular flexibility index (Phi) is 1.30. The van der Waals surface area contributed by atoms with Crippen LogP contribution in [-0.4, -0.2) is 33.5 Å². The first-order chi connectivity index (χ1) is 5.01. The number of β-lactam (4-membered cyclic amide) rings is 1. The third-order valence-electron chi connectivity index (χ3n) is 2.17. The number of carbonyl (C=O) groups excluding carboxylic acids is 1. The van der Waals surface area contributed by atoms with Gasteiger partial charge in [-0.05, 0) is 13.8 Å². The number of fused-ring (bicyclic) bond motifs is 1. The molecule has 1 amide bonds. The molecule has 0 aliphatic carbocycles. The smallest absolute Gasteiger partial charge is 0.243 e. The minimum atomic E-state index is -0.234. The molecule has 2 heterocycles. The highest BCUT2D eigenvalue weighted by atomic mass is 32.2. The van der Waals surface area contributed by atoms with Crippen molar-refractivity contribution in [3.8, 4) is 0 Å². The molecule has 2 N–H and O–H groups in total. The van der Waals surface area contributed by atoms with E-state index in [1.807, 2.05) is 16.7 Å². The van der Waals surface area contributed by atoms with Crippen molar-refractivity contribution in [2.75, 3.05) is 6.54 Å². The average molecular weight is 172 g/mol. The topological polar surface area (TPSA) is 46.3 Å². The summed E-state index contributed by atoms with van der Waals surface area (Å²) in [6, 6.07) is -0.234. The summed E-state index contributed by atoms with van der Waals surface area (Å²) in [4.78, 5) is 13.0. The van der Waals surface area contributed by atoms with Gasteiger partial charge < -0.3 is 10.6 Å². The number of hydrogen-bond donors (Lipinski definition) is 1. The second kappa shape index (κ2) is 1.93. The highest BCUT2D eigenvalue weighted by molar-refractivity contribution is 8.01. The van der Waals surface area contributed by atoms with Gasteiger partial charge >= 0.3 is 0 Å². The van der Waals surface area contributed by atoms with E-state index in [1.165, 1.54) is 0 Å². The van der Waals surface area contributed by atoms with Crippen LogP contribution < -0.4 is 5.73 Å². The van der Waals surface area contributed by atoms with Crippen molar-refractivity contribution in [1.82, 2.24) is 4.90 Å². The van der Waals surface area contributed by atoms with E-state index in [2.05, 4.69) is 13.8 Å². The Balaban J connectivity index is 2.15. The lowest BCUT2D eigenvalue weighted by Gasteiger charge is -2.38. The second-order valence-electron chi connectivity index (χ2n) is 3.76. The Labute approximate surface area is 70.3 Å². The fourth-order valence-electron chi connectivity index (χ4n) is 1.63. The Bertz CT molecular complexity index is 216. The predicted octanol–water partition coefficient (Wildman–Crippen LogP) is 0.00740. The molecule has 2 aliphatic rings. The molecular formula is C7H12N2OS. The van der Waals surface area contributed by atoms with Gasteiger partial charge in [0.1, 0.15) is 11.4 Å². The summed E-state index contributed by atoms with van der Waals surface area (Å²) < 4.78 is 0.203. The number of thioether (sulfide) groups is 1. The summed E-state index contributed by atoms with van der Waals surface area (Å²) in [7, 11) is 0. The van der Waals surface area contributed by atoms with E-state index in [1.54, 1.807) is 0 Å². The number of nitrogens with two attached hydrogens (primary N) is 1. The molecule has 3 nitrogen and oxygen atoms in total. The van der Waals surface area contributed by atoms with Gasteiger partial charge in [-0.2, -0.15) is 0 Å². The molecule has 2 aliphatic heterocycles. The lowest BCUT2D eigenvalue weighted by Crippen LogP contribution is -2.64. The van der Waals surface area contributed by atoms with Gasteiger partial charge in [-0.3, -0.25) is 4.79 Å². The molecule has 0 aromatic rings. The van der Waals surface area contributed by atoms with Crippen LogP contribution in [0.5, 0.6) is 0 Å². The first-order valence-corrected chi connectivity index (χ1v) is 4.63. The molecule has 1 unspecified atom stereocenters. The van der Waals surface area contributed by atoms with Crippen LogP contribution in [0, 0.1) is 0 Å². The normalized spacial score (nSPS) is 40.3. The molecule has 0 spiro atoms. The number of nitrogens with zero attached hydrogens (tertiary/aromatic N) is 1. The molecular weight excluding hydrogens is 160 g/mol. The van der Waals surface area contributed by atoms with E-state index in [9.17, 15) is 4.79 Å². The van der Waals surface area contributed by atoms with E-state index in [0.29, 0.717) is 0 Å². The Morgan fingerprint density at radius 3 is 2.91 bits per heavy atom. The maximum atomic E-state index is 11.1. The molecule has 62 valence electrons. The van der Waals surface area contributed by atoms with E-state index < -0.39 is 0 Å². The zero-order valence-electron chi connectivity index (χ0n) is 6.70. The van der Waals surface area contributed by atoms with Crippen molar-refractivity contribution in [3.05, 3.63) is 0 Å². The maximum Gasteiger partial charge on any atom is 0.243 e. The van der Waals surface area contributed by atoms with Crippen LogP contribution in [0.3, 0.4) is 0 Å². The van der Waals surface area contributed by atoms with Crippen molar-refractivity contribution >= 4 is 17.7 Å². The van der Waals surface area contributed by atoms with Crippen LogP contribution in [0.1, 0.15) is 13.8 Å². The Hall–Kier alpha value is -0.220. The van der Waals surface area contributed by atoms with Crippen molar-refractivity contribution in [3.63, 3.8) is 0 Å². The third kappa shape index (κ3) is 0.891. The molecule has 2 rings (SSSR count). The van der Waals surface area contributed by atoms with Crippen molar-refractivity contribution in [2.24, 2.45) is 5.73 Å². The first kappa shape index (κ1) is 7.43. The molecule has 0 radical (unpaired) electrons. The van der Waals surface area contributed by atoms with Crippen LogP contribution in [0.4, 0.5) is 0 Å². The zero-order valence-corrected chi connectivity index (χ0v) is 7.52. The number of carbonyl (C=O) groups is 1. The summed E-state index contributed by atoms with van der Waals surface area (Å²) in [5.41, 5.74) is 5.62. The van der Waals surface area contributed by atoms with E-state index in [4.69, 9.17) is 5.73 Å². The van der Waals surface area contributed by atoms with E-state index in [0.717, 1.165) is 6.54 Å². The van der Waals surface area contributed by atoms with Crippen LogP contribution >= 0.6 is 11.8 Å². The van der Waals surface area contributed by atoms with Gasteiger partial charge in [-0.15, -0.1) is 11.8 Å². The van der Waals surface area contributed by atoms with Crippen molar-refractivity contribution in [2.45, 2.75) is 30.0 Å². The van der Waals surface area contributed by atoms with Gasteiger partial charge in [0.2, 0.25) is 5.91 Å². The standard InChI is InChI=1S/C7H12N2OS/c1-7(2)3-9-5(10)4(8)6(9)11-7/h4,6H,3,8H2,1-2H3/t4?,6-/m0/s1. The fourth-order valence-corrected chi connectivity index (χ4v) is 3.07. The quantitative estimate of drug-likeness (QED) is 0.523. The molecule has 2 fully saturated rings. The van der Waals surface area contributed by atoms with Crippen LogP contribution in [0.2, 0.25) is 0 Å². The Morgan fingerprint density at radius 2 is 2.36 bits per heavy atom. The minimum Gasteiger partial charge on any atom is -0.326 e. The SMILES string of the molecule is CC1(C)CN2C(=O)C(N)[C@@H]2S1. The molecule has 0 saturated carbocycles. The molecule has 0 bridgehead atoms. The van der Waals surface area contributed by atoms with E-state index in [-0.39, 0.29) is 22.1 Å². The molecule has 0 aromatic carbocycles. The zero-order chi connectivity index (χ0) is 8.22. The Morgan fingerprint density at radius 1 is 1.73 bits per heavy atom. The van der Waals surface area contributed by atoms with Gasteiger partial charge in [0.15, 0.2) is 0 Å². The molecule has 11 heavy (non-hydrogen) atoms. The fraction of sp³-hybridized carbons (Fsp3) is 0.857. The van der Waals surface area contributed by atoms with Crippen molar-refractivity contribution < 1.29 is 4.79 Å². The number of hydrogen-bond acceptors (Lipinski definition) is 3. The summed E-state index contributed by atoms with van der Waals surface area (Å²) in [6.07, 6.45) is 0. The molecule has 2 atom stereocenters. The first-order valence-electron chi connectivity index (χ1n) is 3.75. The van der Waals surface area contributed by atoms with Gasteiger partial charge in [0, 0.05) is 11.3 Å². The third-order valence-corrected chi connectivity index (χ3v) is 3.73. The summed E-state index contributed by atoms with van der Waals surface area (Å²) in [5.74, 6) is 0.119. The van der Waals surface area contributed by atoms with Gasteiger partial charge in [0.25, 0.3) is 0 Å². The maximum absolute atomic E-state index is 11.1. The minimum absolute atomic E-state index is 0.119.